The Hall–Kier alpha value is -2.21. The molecule has 0 radical (unpaired) electrons. The van der Waals surface area contributed by atoms with Crippen LogP contribution >= 0.6 is 11.3 Å². The number of nitrogens with zero attached hydrogens (tertiary/aromatic N) is 4. The number of allylic oxidation sites excluding steroid dienone is 1. The second-order valence-corrected chi connectivity index (χ2v) is 5.91. The van der Waals surface area contributed by atoms with E-state index in [1.807, 2.05) is 23.6 Å². The summed E-state index contributed by atoms with van der Waals surface area (Å²) in [5.41, 5.74) is 1.82. The van der Waals surface area contributed by atoms with Crippen molar-refractivity contribution >= 4 is 22.8 Å². The van der Waals surface area contributed by atoms with Crippen molar-refractivity contribution in [3.05, 3.63) is 41.1 Å². The van der Waals surface area contributed by atoms with E-state index in [1.165, 1.54) is 12.8 Å². The van der Waals surface area contributed by atoms with Crippen LogP contribution in [0.1, 0.15) is 19.3 Å². The zero-order chi connectivity index (χ0) is 14.1. The molecule has 0 saturated heterocycles. The van der Waals surface area contributed by atoms with E-state index in [9.17, 15) is 0 Å². The van der Waals surface area contributed by atoms with E-state index in [0.29, 0.717) is 6.04 Å². The fourth-order valence-electron chi connectivity index (χ4n) is 2.56. The van der Waals surface area contributed by atoms with Gasteiger partial charge in [-0.15, -0.1) is 15.3 Å². The summed E-state index contributed by atoms with van der Waals surface area (Å²) in [6.07, 6.45) is 8.01. The standard InChI is InChI=1S/C15H15N5S/c1-2-4-12(5-3-1)16-13-6-7-14-17-18-15(20(14)19-13)11-8-9-21-10-11/h2,4,6-10,12H,1,3,5H2,(H,16,19). The molecule has 1 atom stereocenters. The van der Waals surface area contributed by atoms with Gasteiger partial charge in [0.05, 0.1) is 0 Å². The molecule has 21 heavy (non-hydrogen) atoms. The maximum absolute atomic E-state index is 4.64. The minimum absolute atomic E-state index is 0.366. The molecule has 0 fully saturated rings. The summed E-state index contributed by atoms with van der Waals surface area (Å²) in [7, 11) is 0. The quantitative estimate of drug-likeness (QED) is 0.753. The lowest BCUT2D eigenvalue weighted by Crippen LogP contribution is -2.19. The smallest absolute Gasteiger partial charge is 0.186 e. The molecule has 106 valence electrons. The Labute approximate surface area is 126 Å². The fraction of sp³-hybridized carbons (Fsp3) is 0.267. The first-order valence-electron chi connectivity index (χ1n) is 7.08. The molecular weight excluding hydrogens is 282 g/mol. The predicted octanol–water partition coefficient (Wildman–Crippen LogP) is 3.37. The van der Waals surface area contributed by atoms with E-state index >= 15 is 0 Å². The predicted molar refractivity (Wildman–Crippen MR) is 84.5 cm³/mol. The van der Waals surface area contributed by atoms with Crippen molar-refractivity contribution < 1.29 is 0 Å². The number of anilines is 1. The molecule has 1 aliphatic carbocycles. The van der Waals surface area contributed by atoms with Crippen LogP contribution in [0.25, 0.3) is 17.0 Å². The molecule has 3 aromatic heterocycles. The Morgan fingerprint density at radius 2 is 2.24 bits per heavy atom. The van der Waals surface area contributed by atoms with Gasteiger partial charge < -0.3 is 5.32 Å². The third kappa shape index (κ3) is 2.42. The highest BCUT2D eigenvalue weighted by Crippen LogP contribution is 2.21. The van der Waals surface area contributed by atoms with E-state index in [2.05, 4.69) is 38.1 Å². The number of fused-ring (bicyclic) bond motifs is 1. The first-order valence-corrected chi connectivity index (χ1v) is 8.03. The van der Waals surface area contributed by atoms with Crippen LogP contribution in [0.5, 0.6) is 0 Å². The summed E-state index contributed by atoms with van der Waals surface area (Å²) in [5, 5.41) is 20.6. The second kappa shape index (κ2) is 5.29. The van der Waals surface area contributed by atoms with Crippen LogP contribution in [0, 0.1) is 0 Å². The number of aromatic nitrogens is 4. The maximum Gasteiger partial charge on any atom is 0.186 e. The van der Waals surface area contributed by atoms with Crippen molar-refractivity contribution in [3.8, 4) is 11.4 Å². The Bertz CT molecular complexity index is 775. The summed E-state index contributed by atoms with van der Waals surface area (Å²) in [6, 6.07) is 6.31. The van der Waals surface area contributed by atoms with Gasteiger partial charge in [-0.3, -0.25) is 0 Å². The summed E-state index contributed by atoms with van der Waals surface area (Å²) < 4.78 is 1.80. The van der Waals surface area contributed by atoms with E-state index in [1.54, 1.807) is 15.9 Å². The molecule has 3 heterocycles. The minimum Gasteiger partial charge on any atom is -0.362 e. The number of thiophene rings is 1. The fourth-order valence-corrected chi connectivity index (χ4v) is 3.19. The maximum atomic E-state index is 4.64. The summed E-state index contributed by atoms with van der Waals surface area (Å²) in [4.78, 5) is 0. The van der Waals surface area contributed by atoms with E-state index < -0.39 is 0 Å². The molecule has 5 nitrogen and oxygen atoms in total. The van der Waals surface area contributed by atoms with Crippen LogP contribution in [0.4, 0.5) is 5.82 Å². The van der Waals surface area contributed by atoms with Crippen molar-refractivity contribution in [3.63, 3.8) is 0 Å². The summed E-state index contributed by atoms with van der Waals surface area (Å²) >= 11 is 1.65. The van der Waals surface area contributed by atoms with Crippen molar-refractivity contribution in [1.82, 2.24) is 19.8 Å². The van der Waals surface area contributed by atoms with Crippen molar-refractivity contribution in [2.45, 2.75) is 25.3 Å². The molecule has 6 heteroatoms. The molecule has 0 amide bonds. The van der Waals surface area contributed by atoms with Crippen LogP contribution in [0.3, 0.4) is 0 Å². The summed E-state index contributed by atoms with van der Waals surface area (Å²) in [5.74, 6) is 1.64. The van der Waals surface area contributed by atoms with Crippen LogP contribution in [-0.4, -0.2) is 25.9 Å². The molecule has 1 unspecified atom stereocenters. The average Bonchev–Trinajstić information content (AvgIpc) is 3.16. The van der Waals surface area contributed by atoms with Gasteiger partial charge in [-0.1, -0.05) is 12.2 Å². The Balaban J connectivity index is 1.69. The van der Waals surface area contributed by atoms with Crippen LogP contribution in [0.2, 0.25) is 0 Å². The highest BCUT2D eigenvalue weighted by molar-refractivity contribution is 7.08. The zero-order valence-electron chi connectivity index (χ0n) is 11.4. The topological polar surface area (TPSA) is 55.1 Å². The lowest BCUT2D eigenvalue weighted by molar-refractivity contribution is 0.669. The van der Waals surface area contributed by atoms with Gasteiger partial charge in [-0.25, -0.2) is 0 Å². The van der Waals surface area contributed by atoms with Gasteiger partial charge in [-0.2, -0.15) is 15.9 Å². The number of hydrogen-bond donors (Lipinski definition) is 1. The number of hydrogen-bond acceptors (Lipinski definition) is 5. The molecule has 3 aromatic rings. The molecule has 0 aromatic carbocycles. The molecule has 0 aliphatic heterocycles. The highest BCUT2D eigenvalue weighted by atomic mass is 32.1. The lowest BCUT2D eigenvalue weighted by Gasteiger charge is -2.18. The van der Waals surface area contributed by atoms with Crippen molar-refractivity contribution in [2.75, 3.05) is 5.32 Å². The Morgan fingerprint density at radius 3 is 3.05 bits per heavy atom. The van der Waals surface area contributed by atoms with Gasteiger partial charge in [-0.05, 0) is 42.8 Å². The van der Waals surface area contributed by atoms with Crippen molar-refractivity contribution in [1.29, 1.82) is 0 Å². The monoisotopic (exact) mass is 297 g/mol. The molecule has 1 aliphatic rings. The van der Waals surface area contributed by atoms with Gasteiger partial charge in [0.15, 0.2) is 11.5 Å². The Kier molecular flexibility index (Phi) is 3.16. The van der Waals surface area contributed by atoms with E-state index in [-0.39, 0.29) is 0 Å². The lowest BCUT2D eigenvalue weighted by atomic mass is 10.0. The third-order valence-electron chi connectivity index (χ3n) is 3.63. The van der Waals surface area contributed by atoms with Crippen LogP contribution in [0.15, 0.2) is 41.1 Å². The van der Waals surface area contributed by atoms with Crippen LogP contribution in [-0.2, 0) is 0 Å². The van der Waals surface area contributed by atoms with Gasteiger partial charge >= 0.3 is 0 Å². The van der Waals surface area contributed by atoms with E-state index in [4.69, 9.17) is 0 Å². The van der Waals surface area contributed by atoms with Crippen molar-refractivity contribution in [2.24, 2.45) is 0 Å². The average molecular weight is 297 g/mol. The van der Waals surface area contributed by atoms with Gasteiger partial charge in [0.1, 0.15) is 5.82 Å². The minimum atomic E-state index is 0.366. The molecule has 0 bridgehead atoms. The molecule has 0 spiro atoms. The zero-order valence-corrected chi connectivity index (χ0v) is 12.3. The summed E-state index contributed by atoms with van der Waals surface area (Å²) in [6.45, 7) is 0. The van der Waals surface area contributed by atoms with Gasteiger partial charge in [0.25, 0.3) is 0 Å². The molecule has 1 N–H and O–H groups in total. The first-order chi connectivity index (χ1) is 10.4. The Morgan fingerprint density at radius 1 is 1.24 bits per heavy atom. The molecular formula is C15H15N5S. The van der Waals surface area contributed by atoms with Gasteiger partial charge in [0, 0.05) is 17.0 Å². The largest absolute Gasteiger partial charge is 0.362 e. The number of rotatable bonds is 3. The third-order valence-corrected chi connectivity index (χ3v) is 4.31. The number of nitrogens with one attached hydrogen (secondary N) is 1. The molecule has 4 rings (SSSR count). The van der Waals surface area contributed by atoms with Gasteiger partial charge in [0.2, 0.25) is 0 Å². The van der Waals surface area contributed by atoms with Crippen LogP contribution < -0.4 is 5.32 Å². The normalized spacial score (nSPS) is 18.2. The molecule has 0 saturated carbocycles. The highest BCUT2D eigenvalue weighted by Gasteiger charge is 2.12. The first kappa shape index (κ1) is 12.5. The second-order valence-electron chi connectivity index (χ2n) is 5.13. The SMILES string of the molecule is C1=CC(Nc2ccc3nnc(-c4ccsc4)n3n2)CCC1. The van der Waals surface area contributed by atoms with E-state index in [0.717, 1.165) is 29.3 Å².